The summed E-state index contributed by atoms with van der Waals surface area (Å²) < 4.78 is 7.71. The van der Waals surface area contributed by atoms with Gasteiger partial charge in [-0.1, -0.05) is 48.5 Å². The maximum atomic E-state index is 13.6. The van der Waals surface area contributed by atoms with Gasteiger partial charge in [-0.2, -0.15) is 0 Å². The molecule has 0 saturated carbocycles. The van der Waals surface area contributed by atoms with E-state index in [0.29, 0.717) is 13.2 Å². The fourth-order valence-electron chi connectivity index (χ4n) is 4.32. The van der Waals surface area contributed by atoms with Gasteiger partial charge >= 0.3 is 6.03 Å². The number of carbonyl (C=O) groups excluding carboxylic acids is 1. The lowest BCUT2D eigenvalue weighted by Crippen LogP contribution is -2.37. The van der Waals surface area contributed by atoms with Crippen molar-refractivity contribution in [1.82, 2.24) is 9.47 Å². The number of amides is 2. The summed E-state index contributed by atoms with van der Waals surface area (Å²) in [4.78, 5) is 15.5. The highest BCUT2D eigenvalue weighted by atomic mass is 16.5. The summed E-state index contributed by atoms with van der Waals surface area (Å²) in [7, 11) is 0. The normalized spacial score (nSPS) is 14.8. The average Bonchev–Trinajstić information content (AvgIpc) is 3.25. The number of hydrogen-bond donors (Lipinski definition) is 1. The van der Waals surface area contributed by atoms with Crippen molar-refractivity contribution in [3.8, 4) is 11.4 Å². The number of aromatic nitrogens is 1. The zero-order valence-corrected chi connectivity index (χ0v) is 17.9. The van der Waals surface area contributed by atoms with Crippen LogP contribution in [0.2, 0.25) is 0 Å². The second kappa shape index (κ2) is 8.63. The Morgan fingerprint density at radius 1 is 0.938 bits per heavy atom. The maximum Gasteiger partial charge on any atom is 0.322 e. The van der Waals surface area contributed by atoms with Crippen LogP contribution in [-0.2, 0) is 6.54 Å². The summed E-state index contributed by atoms with van der Waals surface area (Å²) in [6, 6.07) is 29.7. The molecule has 5 rings (SSSR count). The van der Waals surface area contributed by atoms with E-state index in [1.807, 2.05) is 72.5 Å². The second-order valence-corrected chi connectivity index (χ2v) is 7.76. The molecule has 0 fully saturated rings. The van der Waals surface area contributed by atoms with Crippen LogP contribution in [0, 0.1) is 0 Å². The second-order valence-electron chi connectivity index (χ2n) is 7.76. The highest BCUT2D eigenvalue weighted by Crippen LogP contribution is 2.36. The van der Waals surface area contributed by atoms with Gasteiger partial charge in [-0.25, -0.2) is 4.79 Å². The van der Waals surface area contributed by atoms with Gasteiger partial charge in [-0.3, -0.25) is 0 Å². The molecule has 5 heteroatoms. The third-order valence-electron chi connectivity index (χ3n) is 5.76. The van der Waals surface area contributed by atoms with Gasteiger partial charge in [0.15, 0.2) is 0 Å². The standard InChI is InChI=1S/C27H25N3O2/c1-2-32-23-16-14-22(15-17-23)28-27(31)30-19-21-11-6-7-12-24(21)29-18-8-13-25(29)26(30)20-9-4-3-5-10-20/h3-18,26H,2,19H2,1H3,(H,28,31). The molecule has 1 aromatic heterocycles. The Hall–Kier alpha value is -3.99. The van der Waals surface area contributed by atoms with Crippen molar-refractivity contribution in [2.75, 3.05) is 11.9 Å². The topological polar surface area (TPSA) is 46.5 Å². The van der Waals surface area contributed by atoms with Crippen molar-refractivity contribution in [2.24, 2.45) is 0 Å². The first-order chi connectivity index (χ1) is 15.7. The van der Waals surface area contributed by atoms with Crippen LogP contribution in [-0.4, -0.2) is 22.1 Å². The number of nitrogens with one attached hydrogen (secondary N) is 1. The number of benzene rings is 3. The minimum atomic E-state index is -0.221. The zero-order valence-electron chi connectivity index (χ0n) is 17.9. The number of para-hydroxylation sites is 1. The maximum absolute atomic E-state index is 13.6. The summed E-state index contributed by atoms with van der Waals surface area (Å²) in [6.07, 6.45) is 2.07. The molecule has 3 aromatic carbocycles. The van der Waals surface area contributed by atoms with E-state index < -0.39 is 0 Å². The van der Waals surface area contributed by atoms with Crippen molar-refractivity contribution in [3.05, 3.63) is 114 Å². The first kappa shape index (κ1) is 19.9. The molecular formula is C27H25N3O2. The minimum absolute atomic E-state index is 0.146. The number of ether oxygens (including phenoxy) is 1. The van der Waals surface area contributed by atoms with Crippen molar-refractivity contribution >= 4 is 11.7 Å². The van der Waals surface area contributed by atoms with Crippen molar-refractivity contribution in [2.45, 2.75) is 19.5 Å². The fraction of sp³-hybridized carbons (Fsp3) is 0.148. The molecule has 1 atom stereocenters. The molecule has 2 heterocycles. The summed E-state index contributed by atoms with van der Waals surface area (Å²) >= 11 is 0. The number of carbonyl (C=O) groups is 1. The molecule has 32 heavy (non-hydrogen) atoms. The highest BCUT2D eigenvalue weighted by Gasteiger charge is 2.32. The lowest BCUT2D eigenvalue weighted by atomic mass is 10.0. The lowest BCUT2D eigenvalue weighted by Gasteiger charge is -2.31. The Morgan fingerprint density at radius 3 is 2.47 bits per heavy atom. The van der Waals surface area contributed by atoms with Crippen LogP contribution in [0.5, 0.6) is 5.75 Å². The number of anilines is 1. The summed E-state index contributed by atoms with van der Waals surface area (Å²) in [5.41, 5.74) is 5.07. The third-order valence-corrected chi connectivity index (χ3v) is 5.76. The van der Waals surface area contributed by atoms with Gasteiger partial charge in [0.2, 0.25) is 0 Å². The average molecular weight is 424 g/mol. The molecule has 4 aromatic rings. The van der Waals surface area contributed by atoms with Crippen LogP contribution in [0.15, 0.2) is 97.2 Å². The number of hydrogen-bond acceptors (Lipinski definition) is 2. The Bertz CT molecular complexity index is 1220. The number of urea groups is 1. The van der Waals surface area contributed by atoms with E-state index in [1.165, 1.54) is 0 Å². The van der Waals surface area contributed by atoms with E-state index >= 15 is 0 Å². The van der Waals surface area contributed by atoms with Gasteiger partial charge in [0.05, 0.1) is 24.9 Å². The van der Waals surface area contributed by atoms with E-state index in [2.05, 4.69) is 46.4 Å². The molecule has 2 amide bonds. The molecular weight excluding hydrogens is 398 g/mol. The van der Waals surface area contributed by atoms with E-state index in [-0.39, 0.29) is 12.1 Å². The monoisotopic (exact) mass is 423 g/mol. The minimum Gasteiger partial charge on any atom is -0.494 e. The van der Waals surface area contributed by atoms with Gasteiger partial charge in [-0.05, 0) is 60.5 Å². The molecule has 0 aliphatic carbocycles. The Labute approximate surface area is 187 Å². The van der Waals surface area contributed by atoms with Crippen LogP contribution in [0.25, 0.3) is 5.69 Å². The van der Waals surface area contributed by atoms with Gasteiger partial charge < -0.3 is 19.5 Å². The van der Waals surface area contributed by atoms with Gasteiger partial charge in [-0.15, -0.1) is 0 Å². The van der Waals surface area contributed by atoms with Crippen LogP contribution in [0.3, 0.4) is 0 Å². The van der Waals surface area contributed by atoms with Gasteiger partial charge in [0.25, 0.3) is 0 Å². The predicted molar refractivity (Wildman–Crippen MR) is 126 cm³/mol. The zero-order chi connectivity index (χ0) is 21.9. The smallest absolute Gasteiger partial charge is 0.322 e. The quantitative estimate of drug-likeness (QED) is 0.437. The van der Waals surface area contributed by atoms with Crippen molar-refractivity contribution in [1.29, 1.82) is 0 Å². The molecule has 1 unspecified atom stereocenters. The number of nitrogens with zero attached hydrogens (tertiary/aromatic N) is 2. The molecule has 5 nitrogen and oxygen atoms in total. The Kier molecular flexibility index (Phi) is 5.38. The van der Waals surface area contributed by atoms with Crippen LogP contribution in [0.4, 0.5) is 10.5 Å². The van der Waals surface area contributed by atoms with Crippen molar-refractivity contribution in [3.63, 3.8) is 0 Å². The van der Waals surface area contributed by atoms with E-state index in [4.69, 9.17) is 4.74 Å². The molecule has 1 aliphatic heterocycles. The molecule has 0 radical (unpaired) electrons. The largest absolute Gasteiger partial charge is 0.494 e. The lowest BCUT2D eigenvalue weighted by molar-refractivity contribution is 0.194. The molecule has 0 bridgehead atoms. The fourth-order valence-corrected chi connectivity index (χ4v) is 4.32. The number of fused-ring (bicyclic) bond motifs is 3. The third kappa shape index (κ3) is 3.73. The predicted octanol–water partition coefficient (Wildman–Crippen LogP) is 6.01. The summed E-state index contributed by atoms with van der Waals surface area (Å²) in [5.74, 6) is 0.786. The van der Waals surface area contributed by atoms with E-state index in [9.17, 15) is 4.79 Å². The summed E-state index contributed by atoms with van der Waals surface area (Å²) in [5, 5.41) is 3.08. The van der Waals surface area contributed by atoms with Crippen LogP contribution in [0.1, 0.15) is 29.8 Å². The molecule has 1 N–H and O–H groups in total. The Morgan fingerprint density at radius 2 is 1.69 bits per heavy atom. The highest BCUT2D eigenvalue weighted by molar-refractivity contribution is 5.90. The van der Waals surface area contributed by atoms with Gasteiger partial charge in [0, 0.05) is 17.6 Å². The van der Waals surface area contributed by atoms with Gasteiger partial charge in [0.1, 0.15) is 5.75 Å². The van der Waals surface area contributed by atoms with E-state index in [1.54, 1.807) is 0 Å². The van der Waals surface area contributed by atoms with Crippen molar-refractivity contribution < 1.29 is 9.53 Å². The molecule has 1 aliphatic rings. The number of rotatable bonds is 4. The first-order valence-electron chi connectivity index (χ1n) is 10.9. The SMILES string of the molecule is CCOc1ccc(NC(=O)N2Cc3ccccc3-n3cccc3C2c2ccccc2)cc1. The molecule has 0 saturated heterocycles. The van der Waals surface area contributed by atoms with Crippen LogP contribution >= 0.6 is 0 Å². The molecule has 160 valence electrons. The van der Waals surface area contributed by atoms with Crippen LogP contribution < -0.4 is 10.1 Å². The molecule has 0 spiro atoms. The summed E-state index contributed by atoms with van der Waals surface area (Å²) in [6.45, 7) is 3.06. The first-order valence-corrected chi connectivity index (χ1v) is 10.9. The Balaban J connectivity index is 1.55. The van der Waals surface area contributed by atoms with E-state index in [0.717, 1.165) is 33.9 Å².